The standard InChI is InChI=1S/C16H17N5O3.C5H11N/c1-9-14(10(2)24-20-9)12-7-11(5-6-13(12)23-4)19-16(22)15-17-8-18-21(15)3;1-2-4-6-5-3-1/h5-8H,1-4H3,(H,19,22);6H,1-5H2. The molecule has 9 nitrogen and oxygen atoms in total. The van der Waals surface area contributed by atoms with E-state index in [-0.39, 0.29) is 11.7 Å². The SMILES string of the molecule is C1CCNCC1.COc1ccc(NC(=O)c2ncnn2C)cc1-c1c(C)noc1C. The predicted octanol–water partition coefficient (Wildman–Crippen LogP) is 3.11. The van der Waals surface area contributed by atoms with Gasteiger partial charge >= 0.3 is 0 Å². The molecule has 0 aliphatic carbocycles. The molecular weight excluding hydrogens is 384 g/mol. The second-order valence-electron chi connectivity index (χ2n) is 7.09. The fourth-order valence-corrected chi connectivity index (χ4v) is 3.34. The van der Waals surface area contributed by atoms with E-state index in [2.05, 4.69) is 25.9 Å². The number of carbonyl (C=O) groups is 1. The van der Waals surface area contributed by atoms with Gasteiger partial charge in [-0.15, -0.1) is 0 Å². The second-order valence-corrected chi connectivity index (χ2v) is 7.09. The van der Waals surface area contributed by atoms with Crippen LogP contribution < -0.4 is 15.4 Å². The maximum absolute atomic E-state index is 12.3. The number of carbonyl (C=O) groups excluding carboxylic acids is 1. The summed E-state index contributed by atoms with van der Waals surface area (Å²) in [6.07, 6.45) is 5.55. The molecule has 9 heteroatoms. The molecule has 1 amide bonds. The Balaban J connectivity index is 0.000000367. The molecule has 1 saturated heterocycles. The first kappa shape index (κ1) is 21.5. The summed E-state index contributed by atoms with van der Waals surface area (Å²) in [4.78, 5) is 16.2. The minimum atomic E-state index is -0.343. The van der Waals surface area contributed by atoms with Crippen LogP contribution in [0.1, 0.15) is 41.3 Å². The molecule has 1 fully saturated rings. The minimum Gasteiger partial charge on any atom is -0.496 e. The Morgan fingerprint density at radius 1 is 1.23 bits per heavy atom. The molecule has 30 heavy (non-hydrogen) atoms. The van der Waals surface area contributed by atoms with Gasteiger partial charge in [-0.1, -0.05) is 11.6 Å². The first-order valence-electron chi connectivity index (χ1n) is 9.98. The number of rotatable bonds is 4. The smallest absolute Gasteiger partial charge is 0.293 e. The largest absolute Gasteiger partial charge is 0.496 e. The number of benzene rings is 1. The van der Waals surface area contributed by atoms with Gasteiger partial charge < -0.3 is 19.9 Å². The van der Waals surface area contributed by atoms with Crippen LogP contribution in [0.15, 0.2) is 29.0 Å². The van der Waals surface area contributed by atoms with Crippen molar-refractivity contribution in [2.75, 3.05) is 25.5 Å². The van der Waals surface area contributed by atoms with Crippen molar-refractivity contribution in [2.45, 2.75) is 33.1 Å². The van der Waals surface area contributed by atoms with Crippen LogP contribution >= 0.6 is 0 Å². The van der Waals surface area contributed by atoms with Crippen molar-refractivity contribution in [3.63, 3.8) is 0 Å². The molecule has 0 saturated carbocycles. The number of methoxy groups -OCH3 is 1. The van der Waals surface area contributed by atoms with Gasteiger partial charge in [0, 0.05) is 18.3 Å². The third-order valence-corrected chi connectivity index (χ3v) is 4.88. The van der Waals surface area contributed by atoms with Crippen molar-refractivity contribution in [3.8, 4) is 16.9 Å². The Bertz CT molecular complexity index is 960. The number of ether oxygens (including phenoxy) is 1. The number of aromatic nitrogens is 4. The lowest BCUT2D eigenvalue weighted by atomic mass is 10.0. The monoisotopic (exact) mass is 412 g/mol. The number of piperidine rings is 1. The van der Waals surface area contributed by atoms with E-state index >= 15 is 0 Å². The van der Waals surface area contributed by atoms with Crippen molar-refractivity contribution >= 4 is 11.6 Å². The van der Waals surface area contributed by atoms with E-state index in [1.807, 2.05) is 19.9 Å². The van der Waals surface area contributed by atoms with Crippen molar-refractivity contribution in [1.82, 2.24) is 25.2 Å². The van der Waals surface area contributed by atoms with Crippen LogP contribution in [-0.4, -0.2) is 46.0 Å². The molecule has 0 unspecified atom stereocenters. The molecule has 0 radical (unpaired) electrons. The van der Waals surface area contributed by atoms with Crippen LogP contribution in [0.25, 0.3) is 11.1 Å². The zero-order valence-electron chi connectivity index (χ0n) is 17.9. The van der Waals surface area contributed by atoms with Crippen LogP contribution in [0, 0.1) is 13.8 Å². The quantitative estimate of drug-likeness (QED) is 0.678. The van der Waals surface area contributed by atoms with Gasteiger partial charge in [0.1, 0.15) is 17.8 Å². The molecule has 3 heterocycles. The first-order chi connectivity index (χ1) is 14.5. The van der Waals surface area contributed by atoms with Crippen molar-refractivity contribution in [1.29, 1.82) is 0 Å². The Kier molecular flexibility index (Phi) is 7.18. The van der Waals surface area contributed by atoms with E-state index in [0.29, 0.717) is 17.2 Å². The lowest BCUT2D eigenvalue weighted by Crippen LogP contribution is -2.21. The van der Waals surface area contributed by atoms with Crippen LogP contribution in [-0.2, 0) is 7.05 Å². The number of hydrogen-bond acceptors (Lipinski definition) is 7. The van der Waals surface area contributed by atoms with Gasteiger partial charge in [0.15, 0.2) is 0 Å². The average Bonchev–Trinajstić information content (AvgIpc) is 3.34. The normalized spacial score (nSPS) is 13.3. The number of anilines is 1. The number of amides is 1. The van der Waals surface area contributed by atoms with Gasteiger partial charge in [0.25, 0.3) is 5.91 Å². The maximum Gasteiger partial charge on any atom is 0.293 e. The van der Waals surface area contributed by atoms with Gasteiger partial charge in [-0.05, 0) is 58.0 Å². The predicted molar refractivity (Wildman–Crippen MR) is 114 cm³/mol. The Morgan fingerprint density at radius 2 is 2.00 bits per heavy atom. The van der Waals surface area contributed by atoms with E-state index in [1.165, 1.54) is 43.4 Å². The molecule has 4 rings (SSSR count). The van der Waals surface area contributed by atoms with Gasteiger partial charge in [-0.3, -0.25) is 4.79 Å². The van der Waals surface area contributed by atoms with Crippen LogP contribution in [0.4, 0.5) is 5.69 Å². The molecule has 160 valence electrons. The molecule has 0 atom stereocenters. The van der Waals surface area contributed by atoms with Crippen LogP contribution in [0.3, 0.4) is 0 Å². The van der Waals surface area contributed by atoms with E-state index in [4.69, 9.17) is 9.26 Å². The molecule has 0 bridgehead atoms. The highest BCUT2D eigenvalue weighted by atomic mass is 16.5. The number of aryl methyl sites for hydroxylation is 3. The molecule has 2 aromatic heterocycles. The average molecular weight is 412 g/mol. The van der Waals surface area contributed by atoms with Gasteiger partial charge in [0.05, 0.1) is 18.4 Å². The molecule has 1 aliphatic rings. The van der Waals surface area contributed by atoms with Gasteiger partial charge in [0.2, 0.25) is 5.82 Å². The maximum atomic E-state index is 12.3. The molecule has 1 aliphatic heterocycles. The number of nitrogens with zero attached hydrogens (tertiary/aromatic N) is 4. The van der Waals surface area contributed by atoms with E-state index < -0.39 is 0 Å². The van der Waals surface area contributed by atoms with E-state index in [9.17, 15) is 4.79 Å². The van der Waals surface area contributed by atoms with Crippen molar-refractivity contribution < 1.29 is 14.1 Å². The highest BCUT2D eigenvalue weighted by Gasteiger charge is 2.18. The topological polar surface area (TPSA) is 107 Å². The lowest BCUT2D eigenvalue weighted by molar-refractivity contribution is 0.101. The molecule has 0 spiro atoms. The lowest BCUT2D eigenvalue weighted by Gasteiger charge is -2.11. The molecule has 2 N–H and O–H groups in total. The summed E-state index contributed by atoms with van der Waals surface area (Å²) >= 11 is 0. The summed E-state index contributed by atoms with van der Waals surface area (Å²) in [6.45, 7) is 6.19. The number of nitrogens with one attached hydrogen (secondary N) is 2. The molecule has 3 aromatic rings. The van der Waals surface area contributed by atoms with Crippen LogP contribution in [0.2, 0.25) is 0 Å². The number of hydrogen-bond donors (Lipinski definition) is 2. The third kappa shape index (κ3) is 5.04. The van der Waals surface area contributed by atoms with Crippen molar-refractivity contribution in [3.05, 3.63) is 41.8 Å². The zero-order chi connectivity index (χ0) is 21.5. The van der Waals surface area contributed by atoms with E-state index in [1.54, 1.807) is 26.3 Å². The Morgan fingerprint density at radius 3 is 2.50 bits per heavy atom. The fourth-order valence-electron chi connectivity index (χ4n) is 3.34. The summed E-state index contributed by atoms with van der Waals surface area (Å²) in [5.74, 6) is 1.23. The summed E-state index contributed by atoms with van der Waals surface area (Å²) in [5, 5.41) is 14.0. The second kappa shape index (κ2) is 10.0. The first-order valence-corrected chi connectivity index (χ1v) is 9.98. The Hall–Kier alpha value is -3.20. The highest BCUT2D eigenvalue weighted by molar-refractivity contribution is 6.02. The fraction of sp³-hybridized carbons (Fsp3) is 0.429. The van der Waals surface area contributed by atoms with Crippen LogP contribution in [0.5, 0.6) is 5.75 Å². The summed E-state index contributed by atoms with van der Waals surface area (Å²) in [5.41, 5.74) is 3.01. The summed E-state index contributed by atoms with van der Waals surface area (Å²) in [7, 11) is 3.25. The van der Waals surface area contributed by atoms with E-state index in [0.717, 1.165) is 16.8 Å². The van der Waals surface area contributed by atoms with Crippen molar-refractivity contribution in [2.24, 2.45) is 7.05 Å². The minimum absolute atomic E-state index is 0.227. The molecule has 1 aromatic carbocycles. The third-order valence-electron chi connectivity index (χ3n) is 4.88. The Labute approximate surface area is 175 Å². The van der Waals surface area contributed by atoms with Gasteiger partial charge in [-0.25, -0.2) is 9.67 Å². The zero-order valence-corrected chi connectivity index (χ0v) is 17.9. The summed E-state index contributed by atoms with van der Waals surface area (Å²) < 4.78 is 12.1. The summed E-state index contributed by atoms with van der Waals surface area (Å²) in [6, 6.07) is 5.36. The van der Waals surface area contributed by atoms with Gasteiger partial charge in [-0.2, -0.15) is 5.10 Å². The molecular formula is C21H28N6O3. The highest BCUT2D eigenvalue weighted by Crippen LogP contribution is 2.36.